The van der Waals surface area contributed by atoms with E-state index >= 15 is 0 Å². The van der Waals surface area contributed by atoms with E-state index in [0.717, 1.165) is 27.7 Å². The number of nitrogens with zero attached hydrogens (tertiary/aromatic N) is 3. The highest BCUT2D eigenvalue weighted by Crippen LogP contribution is 2.49. The number of aryl methyl sites for hydroxylation is 1. The molecule has 2 amide bonds. The zero-order valence-corrected chi connectivity index (χ0v) is 42.3. The average Bonchev–Trinajstić information content (AvgIpc) is 3.75. The number of para-hydroxylation sites is 1. The van der Waals surface area contributed by atoms with Gasteiger partial charge in [-0.3, -0.25) is 14.4 Å². The average molecular weight is 911 g/mol. The number of fused-ring (bicyclic) bond motifs is 4. The Balaban J connectivity index is 1.19. The summed E-state index contributed by atoms with van der Waals surface area (Å²) in [6.45, 7) is 18.8. The summed E-state index contributed by atoms with van der Waals surface area (Å²) >= 11 is 0. The molecule has 1 aromatic heterocycles. The molecule has 2 atom stereocenters. The summed E-state index contributed by atoms with van der Waals surface area (Å²) in [5, 5.41) is 6.34. The lowest BCUT2D eigenvalue weighted by Gasteiger charge is -2.42. The van der Waals surface area contributed by atoms with E-state index in [9.17, 15) is 28.8 Å². The molecule has 64 heavy (non-hydrogen) atoms. The van der Waals surface area contributed by atoms with Crippen LogP contribution in [0.4, 0.5) is 4.79 Å². The van der Waals surface area contributed by atoms with Crippen molar-refractivity contribution in [3.8, 4) is 11.1 Å². The number of aromatic nitrogens is 1. The topological polar surface area (TPSA) is 141 Å². The molecule has 0 saturated heterocycles. The summed E-state index contributed by atoms with van der Waals surface area (Å²) in [6, 6.07) is 26.7. The normalized spacial score (nSPS) is 14.3. The number of hydrogen-bond acceptors (Lipinski definition) is 8. The summed E-state index contributed by atoms with van der Waals surface area (Å²) in [4.78, 5) is 77.4. The van der Waals surface area contributed by atoms with Crippen molar-refractivity contribution in [1.29, 1.82) is 0 Å². The van der Waals surface area contributed by atoms with E-state index in [1.54, 1.807) is 7.05 Å². The van der Waals surface area contributed by atoms with Gasteiger partial charge in [-0.15, -0.1) is 0 Å². The summed E-state index contributed by atoms with van der Waals surface area (Å²) in [5.74, 6) is -1.48. The van der Waals surface area contributed by atoms with Crippen LogP contribution in [0.5, 0.6) is 0 Å². The van der Waals surface area contributed by atoms with Crippen molar-refractivity contribution < 1.29 is 33.5 Å². The minimum Gasteiger partial charge on any atom is -0.447 e. The number of benzene rings is 3. The third-order valence-corrected chi connectivity index (χ3v) is 21.5. The van der Waals surface area contributed by atoms with Crippen molar-refractivity contribution in [3.63, 3.8) is 0 Å². The van der Waals surface area contributed by atoms with Gasteiger partial charge in [-0.2, -0.15) is 0 Å². The number of amides is 2. The molecule has 1 heterocycles. The fraction of sp³-hybridized carbons (Fsp3) is 0.529. The number of ketones is 2. The maximum Gasteiger partial charge on any atom is 0.424 e. The molecule has 5 rings (SSSR count). The number of hydrogen-bond donors (Lipinski definition) is 3. The first-order valence-electron chi connectivity index (χ1n) is 23.1. The van der Waals surface area contributed by atoms with E-state index in [1.807, 2.05) is 121 Å². The third-order valence-electron chi connectivity index (χ3n) is 14.5. The first-order chi connectivity index (χ1) is 30.0. The van der Waals surface area contributed by atoms with Crippen LogP contribution < -0.4 is 5.32 Å². The zero-order chi connectivity index (χ0) is 47.2. The Kier molecular flexibility index (Phi) is 16.5. The van der Waals surface area contributed by atoms with E-state index in [1.165, 1.54) is 16.1 Å². The molecule has 0 unspecified atom stereocenters. The van der Waals surface area contributed by atoms with Gasteiger partial charge in [-0.25, -0.2) is 14.8 Å². The Morgan fingerprint density at radius 1 is 0.781 bits per heavy atom. The Morgan fingerprint density at radius 3 is 1.91 bits per heavy atom. The van der Waals surface area contributed by atoms with Gasteiger partial charge in [0.15, 0.2) is 16.6 Å². The highest BCUT2D eigenvalue weighted by molar-refractivity contribution is 6.73. The van der Waals surface area contributed by atoms with Crippen LogP contribution in [0.15, 0.2) is 78.9 Å². The number of hydrazine groups is 1. The molecule has 3 N–H and O–H groups in total. The lowest BCUT2D eigenvalue weighted by molar-refractivity contribution is -0.135. The first-order valence-corrected chi connectivity index (χ1v) is 29.0. The number of carbonyl (C=O) groups is 4. The van der Waals surface area contributed by atoms with E-state index < -0.39 is 44.6 Å². The van der Waals surface area contributed by atoms with Crippen molar-refractivity contribution >= 4 is 51.1 Å². The van der Waals surface area contributed by atoms with Crippen LogP contribution >= 0.6 is 0 Å². The SMILES string of the molecule is CCCC(=O)[C@@H](CC(C)(C)[Si](C)(C)O)[C@@H](CC(C)(C)[Si](C)(C)O)C(=O)NCCCC(=O)CCn1c(CN(C)N(C)C(=O)OCC2c3ccccc3-c3ccccc32)cc2ccccc21. The summed E-state index contributed by atoms with van der Waals surface area (Å²) in [6.07, 6.45) is 2.31. The molecule has 0 bridgehead atoms. The number of ether oxygens (including phenoxy) is 1. The molecule has 0 fully saturated rings. The van der Waals surface area contributed by atoms with Crippen LogP contribution in [0.1, 0.15) is 102 Å². The van der Waals surface area contributed by atoms with Crippen LogP contribution in [-0.4, -0.2) is 91.6 Å². The Labute approximate surface area is 383 Å². The minimum absolute atomic E-state index is 0.0179. The van der Waals surface area contributed by atoms with E-state index in [4.69, 9.17) is 4.74 Å². The zero-order valence-electron chi connectivity index (χ0n) is 40.3. The lowest BCUT2D eigenvalue weighted by atomic mass is 9.76. The molecule has 4 aromatic rings. The predicted octanol–water partition coefficient (Wildman–Crippen LogP) is 10.1. The van der Waals surface area contributed by atoms with Crippen LogP contribution in [0.2, 0.25) is 36.3 Å². The third kappa shape index (κ3) is 11.9. The van der Waals surface area contributed by atoms with Crippen LogP contribution in [0.25, 0.3) is 22.0 Å². The largest absolute Gasteiger partial charge is 0.447 e. The molecule has 13 heteroatoms. The number of rotatable bonds is 23. The quantitative estimate of drug-likeness (QED) is 0.0380. The summed E-state index contributed by atoms with van der Waals surface area (Å²) in [5.41, 5.74) is 6.61. The van der Waals surface area contributed by atoms with Crippen LogP contribution in [-0.2, 0) is 32.2 Å². The molecule has 1 aliphatic rings. The van der Waals surface area contributed by atoms with Crippen molar-refractivity contribution in [2.45, 2.75) is 135 Å². The Hall–Kier alpha value is -4.41. The minimum atomic E-state index is -2.75. The molecule has 3 aromatic carbocycles. The predicted molar refractivity (Wildman–Crippen MR) is 262 cm³/mol. The van der Waals surface area contributed by atoms with Gasteiger partial charge in [0, 0.05) is 75.4 Å². The second-order valence-corrected chi connectivity index (χ2v) is 29.3. The standard InChI is InChI=1S/C51H74N4O7Si2/c1-12-20-47(57)43(32-50(2,3)63(8,9)60)44(33-51(4,5)64(10,11)61)48(58)52-29-19-22-38(56)28-30-55-37(31-36-21-13-18-27-46(36)55)34-53(6)54(7)49(59)62-35-45-41-25-16-14-23-39(41)40-24-15-17-26-42(40)45/h13-18,21,23-27,31,43-45,60-61H,12,19-20,22,28-30,32-35H2,1-11H3,(H,52,58)/t43-,44+/m0/s1. The van der Waals surface area contributed by atoms with Gasteiger partial charge in [-0.05, 0) is 102 Å². The highest BCUT2D eigenvalue weighted by atomic mass is 28.4. The van der Waals surface area contributed by atoms with Crippen molar-refractivity contribution in [2.75, 3.05) is 27.2 Å². The van der Waals surface area contributed by atoms with Crippen LogP contribution in [0.3, 0.4) is 0 Å². The molecule has 0 aliphatic heterocycles. The van der Waals surface area contributed by atoms with Crippen molar-refractivity contribution in [3.05, 3.63) is 95.7 Å². The summed E-state index contributed by atoms with van der Waals surface area (Å²) < 4.78 is 8.08. The maximum absolute atomic E-state index is 14.2. The fourth-order valence-electron chi connectivity index (χ4n) is 8.75. The number of Topliss-reactive ketones (excluding diaryl/α,β-unsaturated/α-hetero) is 2. The fourth-order valence-corrected chi connectivity index (χ4v) is 10.2. The molecule has 0 saturated carbocycles. The van der Waals surface area contributed by atoms with Crippen molar-refractivity contribution in [2.24, 2.45) is 11.8 Å². The Morgan fingerprint density at radius 2 is 1.33 bits per heavy atom. The van der Waals surface area contributed by atoms with E-state index in [0.29, 0.717) is 51.6 Å². The van der Waals surface area contributed by atoms with E-state index in [-0.39, 0.29) is 43.0 Å². The molecule has 0 radical (unpaired) electrons. The van der Waals surface area contributed by atoms with Gasteiger partial charge >= 0.3 is 6.09 Å². The van der Waals surface area contributed by atoms with Gasteiger partial charge < -0.3 is 24.2 Å². The smallest absolute Gasteiger partial charge is 0.424 e. The van der Waals surface area contributed by atoms with Gasteiger partial charge in [0.2, 0.25) is 5.91 Å². The van der Waals surface area contributed by atoms with Gasteiger partial charge in [-0.1, -0.05) is 101 Å². The summed E-state index contributed by atoms with van der Waals surface area (Å²) in [7, 11) is -1.91. The van der Waals surface area contributed by atoms with Gasteiger partial charge in [0.25, 0.3) is 0 Å². The van der Waals surface area contributed by atoms with E-state index in [2.05, 4.69) is 40.2 Å². The van der Waals surface area contributed by atoms with Crippen molar-refractivity contribution in [1.82, 2.24) is 19.9 Å². The highest BCUT2D eigenvalue weighted by Gasteiger charge is 2.48. The number of nitrogens with one attached hydrogen (secondary N) is 1. The molecular formula is C51H74N4O7Si2. The first kappa shape index (κ1) is 50.6. The second-order valence-electron chi connectivity index (χ2n) is 20.4. The lowest BCUT2D eigenvalue weighted by Crippen LogP contribution is -2.48. The molecular weight excluding hydrogens is 837 g/mol. The van der Waals surface area contributed by atoms with Crippen LogP contribution in [0, 0.1) is 11.8 Å². The molecule has 0 spiro atoms. The number of carbonyl (C=O) groups excluding carboxylic acids is 4. The monoisotopic (exact) mass is 911 g/mol. The second kappa shape index (κ2) is 20.8. The maximum atomic E-state index is 14.2. The van der Waals surface area contributed by atoms with Gasteiger partial charge in [0.1, 0.15) is 18.2 Å². The molecule has 348 valence electrons. The van der Waals surface area contributed by atoms with Gasteiger partial charge in [0.05, 0.1) is 6.54 Å². The Bertz CT molecular complexity index is 2230. The molecule has 1 aliphatic carbocycles. The molecule has 11 nitrogen and oxygen atoms in total.